The van der Waals surface area contributed by atoms with Crippen LogP contribution in [0.4, 0.5) is 0 Å². The van der Waals surface area contributed by atoms with Crippen LogP contribution in [0.5, 0.6) is 5.75 Å². The van der Waals surface area contributed by atoms with Crippen LogP contribution in [0.2, 0.25) is 0 Å². The average Bonchev–Trinajstić information content (AvgIpc) is 3.00. The second kappa shape index (κ2) is 10.3. The van der Waals surface area contributed by atoms with Gasteiger partial charge in [0.1, 0.15) is 18.5 Å². The molecular weight excluding hydrogens is 380 g/mol. The molecule has 0 bridgehead atoms. The minimum Gasteiger partial charge on any atom is -0.491 e. The first-order chi connectivity index (χ1) is 14.5. The lowest BCUT2D eigenvalue weighted by Gasteiger charge is -2.13. The predicted octanol–water partition coefficient (Wildman–Crippen LogP) is 3.24. The van der Waals surface area contributed by atoms with Crippen molar-refractivity contribution in [3.63, 3.8) is 0 Å². The Morgan fingerprint density at radius 1 is 1.20 bits per heavy atom. The molecule has 2 aromatic carbocycles. The molecule has 0 aliphatic carbocycles. The molecule has 6 nitrogen and oxygen atoms in total. The zero-order valence-corrected chi connectivity index (χ0v) is 17.9. The molecule has 1 atom stereocenters. The van der Waals surface area contributed by atoms with Crippen LogP contribution < -0.4 is 10.1 Å². The zero-order chi connectivity index (χ0) is 21.5. The van der Waals surface area contributed by atoms with Crippen LogP contribution >= 0.6 is 0 Å². The van der Waals surface area contributed by atoms with Crippen LogP contribution in [0.25, 0.3) is 10.9 Å². The van der Waals surface area contributed by atoms with Gasteiger partial charge in [0.2, 0.25) is 0 Å². The van der Waals surface area contributed by atoms with Crippen molar-refractivity contribution in [3.8, 4) is 5.75 Å². The molecule has 2 N–H and O–H groups in total. The Labute approximate surface area is 177 Å². The number of aryl methyl sites for hydroxylation is 1. The summed E-state index contributed by atoms with van der Waals surface area (Å²) in [6, 6.07) is 15.8. The molecule has 0 aliphatic rings. The minimum absolute atomic E-state index is 0.171. The van der Waals surface area contributed by atoms with Crippen molar-refractivity contribution in [1.29, 1.82) is 0 Å². The van der Waals surface area contributed by atoms with E-state index in [1.807, 2.05) is 54.9 Å². The molecule has 1 heterocycles. The molecule has 0 saturated carbocycles. The Morgan fingerprint density at radius 3 is 2.70 bits per heavy atom. The van der Waals surface area contributed by atoms with Gasteiger partial charge in [-0.15, -0.1) is 0 Å². The lowest BCUT2D eigenvalue weighted by Crippen LogP contribution is -2.32. The molecule has 0 aliphatic heterocycles. The van der Waals surface area contributed by atoms with Gasteiger partial charge in [-0.05, 0) is 50.6 Å². The van der Waals surface area contributed by atoms with Crippen molar-refractivity contribution in [1.82, 2.24) is 9.88 Å². The number of esters is 1. The van der Waals surface area contributed by atoms with Crippen molar-refractivity contribution >= 4 is 16.9 Å². The Morgan fingerprint density at radius 2 is 1.97 bits per heavy atom. The van der Waals surface area contributed by atoms with Crippen molar-refractivity contribution < 1.29 is 19.4 Å². The Hall–Kier alpha value is -2.83. The van der Waals surface area contributed by atoms with E-state index in [0.29, 0.717) is 24.5 Å². The molecule has 160 valence electrons. The van der Waals surface area contributed by atoms with Gasteiger partial charge in [0.25, 0.3) is 0 Å². The van der Waals surface area contributed by atoms with E-state index in [-0.39, 0.29) is 12.6 Å². The largest absolute Gasteiger partial charge is 0.491 e. The Kier molecular flexibility index (Phi) is 7.49. The van der Waals surface area contributed by atoms with E-state index in [1.54, 1.807) is 6.92 Å². The van der Waals surface area contributed by atoms with Crippen molar-refractivity contribution in [3.05, 3.63) is 65.4 Å². The van der Waals surface area contributed by atoms with Crippen LogP contribution in [0.3, 0.4) is 0 Å². The summed E-state index contributed by atoms with van der Waals surface area (Å²) in [6.45, 7) is 5.44. The van der Waals surface area contributed by atoms with E-state index < -0.39 is 6.10 Å². The van der Waals surface area contributed by atoms with Gasteiger partial charge in [-0.25, -0.2) is 4.79 Å². The monoisotopic (exact) mass is 410 g/mol. The lowest BCUT2D eigenvalue weighted by atomic mass is 10.1. The van der Waals surface area contributed by atoms with Crippen LogP contribution in [0.1, 0.15) is 28.5 Å². The molecule has 0 fully saturated rings. The maximum Gasteiger partial charge on any atom is 0.340 e. The number of hydrogen-bond donors (Lipinski definition) is 2. The molecule has 3 aromatic rings. The number of aromatic nitrogens is 1. The normalized spacial score (nSPS) is 12.1. The first-order valence-corrected chi connectivity index (χ1v) is 10.3. The van der Waals surface area contributed by atoms with Crippen molar-refractivity contribution in [2.75, 3.05) is 26.3 Å². The van der Waals surface area contributed by atoms with E-state index in [4.69, 9.17) is 9.47 Å². The molecule has 1 aromatic heterocycles. The fourth-order valence-corrected chi connectivity index (χ4v) is 3.50. The molecule has 0 spiro atoms. The third-order valence-corrected chi connectivity index (χ3v) is 5.20. The first kappa shape index (κ1) is 21.9. The second-order valence-corrected chi connectivity index (χ2v) is 7.32. The summed E-state index contributed by atoms with van der Waals surface area (Å²) in [5.74, 6) is 0.280. The van der Waals surface area contributed by atoms with E-state index in [9.17, 15) is 9.90 Å². The standard InChI is InChI=1S/C24H30N2O4/c1-4-29-24(28)23-17(2)26(3)22-11-10-20(14-21(22)23)30-16-19(27)15-25-13-12-18-8-6-5-7-9-18/h5-11,14,19,25,27H,4,12-13,15-16H2,1-3H3/t19-/m1/s1. The number of nitrogens with zero attached hydrogens (tertiary/aromatic N) is 1. The summed E-state index contributed by atoms with van der Waals surface area (Å²) in [4.78, 5) is 12.4. The molecular formula is C24H30N2O4. The highest BCUT2D eigenvalue weighted by Crippen LogP contribution is 2.29. The average molecular weight is 411 g/mol. The maximum absolute atomic E-state index is 12.4. The number of carbonyl (C=O) groups excluding carboxylic acids is 1. The molecule has 3 rings (SSSR count). The van der Waals surface area contributed by atoms with Crippen LogP contribution in [-0.2, 0) is 18.2 Å². The molecule has 0 saturated heterocycles. The number of aliphatic hydroxyl groups excluding tert-OH is 1. The number of carbonyl (C=O) groups is 1. The summed E-state index contributed by atoms with van der Waals surface area (Å²) in [6.07, 6.45) is 0.285. The van der Waals surface area contributed by atoms with Gasteiger partial charge < -0.3 is 24.5 Å². The zero-order valence-electron chi connectivity index (χ0n) is 17.9. The van der Waals surface area contributed by atoms with Crippen molar-refractivity contribution in [2.24, 2.45) is 7.05 Å². The maximum atomic E-state index is 12.4. The number of hydrogen-bond acceptors (Lipinski definition) is 5. The van der Waals surface area contributed by atoms with Crippen LogP contribution in [0.15, 0.2) is 48.5 Å². The van der Waals surface area contributed by atoms with Crippen molar-refractivity contribution in [2.45, 2.75) is 26.4 Å². The fourth-order valence-electron chi connectivity index (χ4n) is 3.50. The van der Waals surface area contributed by atoms with Gasteiger partial charge in [-0.2, -0.15) is 0 Å². The Balaban J connectivity index is 1.56. The number of benzene rings is 2. The quantitative estimate of drug-likeness (QED) is 0.397. The van der Waals surface area contributed by atoms with Gasteiger partial charge >= 0.3 is 5.97 Å². The number of rotatable bonds is 10. The number of fused-ring (bicyclic) bond motifs is 1. The van der Waals surface area contributed by atoms with Gasteiger partial charge in [-0.3, -0.25) is 0 Å². The second-order valence-electron chi connectivity index (χ2n) is 7.32. The smallest absolute Gasteiger partial charge is 0.340 e. The topological polar surface area (TPSA) is 72.7 Å². The number of aliphatic hydroxyl groups is 1. The molecule has 6 heteroatoms. The Bertz CT molecular complexity index is 982. The van der Waals surface area contributed by atoms with Crippen LogP contribution in [0, 0.1) is 6.92 Å². The highest BCUT2D eigenvalue weighted by Gasteiger charge is 2.20. The summed E-state index contributed by atoms with van der Waals surface area (Å²) in [7, 11) is 1.92. The lowest BCUT2D eigenvalue weighted by molar-refractivity contribution is 0.0527. The van der Waals surface area contributed by atoms with E-state index in [0.717, 1.165) is 29.6 Å². The van der Waals surface area contributed by atoms with Gasteiger partial charge in [0.15, 0.2) is 0 Å². The van der Waals surface area contributed by atoms with Crippen LogP contribution in [-0.4, -0.2) is 48.1 Å². The first-order valence-electron chi connectivity index (χ1n) is 10.3. The molecule has 0 radical (unpaired) electrons. The minimum atomic E-state index is -0.626. The molecule has 0 amide bonds. The van der Waals surface area contributed by atoms with Gasteiger partial charge in [0.05, 0.1) is 12.2 Å². The highest BCUT2D eigenvalue weighted by atomic mass is 16.5. The van der Waals surface area contributed by atoms with Gasteiger partial charge in [0, 0.05) is 30.2 Å². The van der Waals surface area contributed by atoms with E-state index in [2.05, 4.69) is 17.4 Å². The third-order valence-electron chi connectivity index (χ3n) is 5.20. The fraction of sp³-hybridized carbons (Fsp3) is 0.375. The molecule has 30 heavy (non-hydrogen) atoms. The summed E-state index contributed by atoms with van der Waals surface area (Å²) >= 11 is 0. The third kappa shape index (κ3) is 5.20. The molecule has 0 unspecified atom stereocenters. The summed E-state index contributed by atoms with van der Waals surface area (Å²) in [5.41, 5.74) is 3.61. The summed E-state index contributed by atoms with van der Waals surface area (Å²) in [5, 5.41) is 14.3. The van der Waals surface area contributed by atoms with E-state index >= 15 is 0 Å². The summed E-state index contributed by atoms with van der Waals surface area (Å²) < 4.78 is 13.0. The number of nitrogens with one attached hydrogen (secondary N) is 1. The van der Waals surface area contributed by atoms with E-state index in [1.165, 1.54) is 5.56 Å². The predicted molar refractivity (Wildman–Crippen MR) is 118 cm³/mol. The SMILES string of the molecule is CCOC(=O)c1c(C)n(C)c2ccc(OC[C@H](O)CNCCc3ccccc3)cc12. The number of ether oxygens (including phenoxy) is 2. The highest BCUT2D eigenvalue weighted by molar-refractivity contribution is 6.06. The van der Waals surface area contributed by atoms with Gasteiger partial charge in [-0.1, -0.05) is 30.3 Å².